The van der Waals surface area contributed by atoms with Crippen LogP contribution in [0.15, 0.2) is 30.5 Å². The number of benzene rings is 1. The fourth-order valence-electron chi connectivity index (χ4n) is 3.53. The minimum absolute atomic E-state index is 0.133. The number of aromatic amines is 1. The summed E-state index contributed by atoms with van der Waals surface area (Å²) in [6.45, 7) is 1.53. The number of aliphatic hydroxyl groups is 1. The maximum atomic E-state index is 13.3. The lowest BCUT2D eigenvalue weighted by Gasteiger charge is -2.31. The number of nitrogens with zero attached hydrogens (tertiary/aromatic N) is 1. The van der Waals surface area contributed by atoms with Crippen molar-refractivity contribution in [3.8, 4) is 0 Å². The number of alkyl halides is 3. The number of H-pyrrole nitrogens is 1. The van der Waals surface area contributed by atoms with Crippen molar-refractivity contribution in [2.75, 3.05) is 6.61 Å². The van der Waals surface area contributed by atoms with Crippen LogP contribution >= 0.6 is 0 Å². The van der Waals surface area contributed by atoms with Crippen LogP contribution in [0.3, 0.4) is 0 Å². The molecule has 3 rings (SSSR count). The van der Waals surface area contributed by atoms with E-state index in [1.54, 1.807) is 12.1 Å². The molecule has 27 heavy (non-hydrogen) atoms. The number of rotatable bonds is 4. The highest BCUT2D eigenvalue weighted by molar-refractivity contribution is 5.75. The molecule has 3 atom stereocenters. The fourth-order valence-corrected chi connectivity index (χ4v) is 3.53. The van der Waals surface area contributed by atoms with E-state index in [1.165, 1.54) is 6.20 Å². The average Bonchev–Trinajstić information content (AvgIpc) is 3.07. The van der Waals surface area contributed by atoms with Gasteiger partial charge in [0.1, 0.15) is 0 Å². The van der Waals surface area contributed by atoms with Gasteiger partial charge in [0.15, 0.2) is 0 Å². The largest absolute Gasteiger partial charge is 0.395 e. The Labute approximate surface area is 154 Å². The average molecular weight is 382 g/mol. The molecule has 3 unspecified atom stereocenters. The first-order chi connectivity index (χ1) is 12.8. The molecule has 0 saturated carbocycles. The van der Waals surface area contributed by atoms with Crippen molar-refractivity contribution >= 4 is 6.03 Å². The standard InChI is InChI=1S/C18H21F3N4O2/c1-10-4-2-3-5-12(10)16(9-26)24-17(27)23-11-6-14(18(19,20)21)13-8-22-25-15(13)7-11/h2-5,8,11,14,16,26H,6-7,9H2,1H3,(H,22,25)(H2,23,24,27). The van der Waals surface area contributed by atoms with Crippen LogP contribution < -0.4 is 10.6 Å². The zero-order chi connectivity index (χ0) is 19.6. The van der Waals surface area contributed by atoms with Crippen molar-refractivity contribution in [3.63, 3.8) is 0 Å². The molecule has 9 heteroatoms. The van der Waals surface area contributed by atoms with Crippen molar-refractivity contribution in [2.45, 2.75) is 43.9 Å². The Morgan fingerprint density at radius 2 is 2.15 bits per heavy atom. The lowest BCUT2D eigenvalue weighted by molar-refractivity contribution is -0.154. The first-order valence-electron chi connectivity index (χ1n) is 8.62. The summed E-state index contributed by atoms with van der Waals surface area (Å²) < 4.78 is 40.0. The Bertz CT molecular complexity index is 806. The molecule has 1 aliphatic carbocycles. The Kier molecular flexibility index (Phi) is 5.41. The lowest BCUT2D eigenvalue weighted by Crippen LogP contribution is -2.48. The quantitative estimate of drug-likeness (QED) is 0.655. The molecule has 0 bridgehead atoms. The number of urea groups is 1. The third-order valence-corrected chi connectivity index (χ3v) is 4.88. The van der Waals surface area contributed by atoms with E-state index in [0.29, 0.717) is 5.69 Å². The normalized spacial score (nSPS) is 20.6. The van der Waals surface area contributed by atoms with E-state index in [-0.39, 0.29) is 25.0 Å². The van der Waals surface area contributed by atoms with Gasteiger partial charge in [-0.2, -0.15) is 18.3 Å². The molecular weight excluding hydrogens is 361 g/mol. The van der Waals surface area contributed by atoms with Crippen molar-refractivity contribution in [2.24, 2.45) is 0 Å². The molecule has 1 heterocycles. The smallest absolute Gasteiger partial charge is 0.394 e. The third kappa shape index (κ3) is 4.24. The van der Waals surface area contributed by atoms with Crippen molar-refractivity contribution in [1.29, 1.82) is 0 Å². The minimum Gasteiger partial charge on any atom is -0.394 e. The molecule has 146 valence electrons. The molecule has 0 spiro atoms. The SMILES string of the molecule is Cc1ccccc1C(CO)NC(=O)NC1Cc2[nH]ncc2C(C(F)(F)F)C1. The molecule has 1 aromatic carbocycles. The van der Waals surface area contributed by atoms with E-state index in [1.807, 2.05) is 19.1 Å². The topological polar surface area (TPSA) is 90.0 Å². The van der Waals surface area contributed by atoms with E-state index in [9.17, 15) is 23.1 Å². The molecular formula is C18H21F3N4O2. The Morgan fingerprint density at radius 1 is 1.41 bits per heavy atom. The summed E-state index contributed by atoms with van der Waals surface area (Å²) in [7, 11) is 0. The van der Waals surface area contributed by atoms with Gasteiger partial charge in [-0.05, 0) is 24.5 Å². The van der Waals surface area contributed by atoms with E-state index < -0.39 is 30.2 Å². The number of hydrogen-bond donors (Lipinski definition) is 4. The first-order valence-corrected chi connectivity index (χ1v) is 8.62. The summed E-state index contributed by atoms with van der Waals surface area (Å²) in [6.07, 6.45) is -3.23. The van der Waals surface area contributed by atoms with Gasteiger partial charge in [0.05, 0.1) is 24.8 Å². The number of halogens is 3. The number of hydrogen-bond acceptors (Lipinski definition) is 3. The van der Waals surface area contributed by atoms with E-state index in [4.69, 9.17) is 0 Å². The molecule has 1 aromatic heterocycles. The molecule has 6 nitrogen and oxygen atoms in total. The number of carbonyl (C=O) groups is 1. The second kappa shape index (κ2) is 7.59. The summed E-state index contributed by atoms with van der Waals surface area (Å²) in [5.74, 6) is -1.67. The number of aromatic nitrogens is 2. The second-order valence-electron chi connectivity index (χ2n) is 6.74. The molecule has 4 N–H and O–H groups in total. The summed E-state index contributed by atoms with van der Waals surface area (Å²) in [4.78, 5) is 12.3. The molecule has 2 amide bonds. The third-order valence-electron chi connectivity index (χ3n) is 4.88. The number of aryl methyl sites for hydroxylation is 1. The lowest BCUT2D eigenvalue weighted by atomic mass is 9.83. The monoisotopic (exact) mass is 382 g/mol. The van der Waals surface area contributed by atoms with Gasteiger partial charge in [-0.15, -0.1) is 0 Å². The first kappa shape index (κ1) is 19.2. The number of amides is 2. The summed E-state index contributed by atoms with van der Waals surface area (Å²) >= 11 is 0. The zero-order valence-corrected chi connectivity index (χ0v) is 14.7. The van der Waals surface area contributed by atoms with Gasteiger partial charge in [0.2, 0.25) is 0 Å². The van der Waals surface area contributed by atoms with Gasteiger partial charge in [-0.3, -0.25) is 5.10 Å². The van der Waals surface area contributed by atoms with Crippen LogP contribution in [0.4, 0.5) is 18.0 Å². The minimum atomic E-state index is -4.41. The predicted molar refractivity (Wildman–Crippen MR) is 92.2 cm³/mol. The van der Waals surface area contributed by atoms with Crippen LogP contribution in [-0.4, -0.2) is 40.2 Å². The van der Waals surface area contributed by atoms with Gasteiger partial charge in [0, 0.05) is 23.7 Å². The molecule has 2 aromatic rings. The van der Waals surface area contributed by atoms with Crippen LogP contribution in [0.2, 0.25) is 0 Å². The van der Waals surface area contributed by atoms with E-state index in [2.05, 4.69) is 20.8 Å². The fraction of sp³-hybridized carbons (Fsp3) is 0.444. The Morgan fingerprint density at radius 3 is 2.81 bits per heavy atom. The highest BCUT2D eigenvalue weighted by atomic mass is 19.4. The molecule has 0 fully saturated rings. The molecule has 0 radical (unpaired) electrons. The predicted octanol–water partition coefficient (Wildman–Crippen LogP) is 2.71. The van der Waals surface area contributed by atoms with E-state index >= 15 is 0 Å². The van der Waals surface area contributed by atoms with Gasteiger partial charge < -0.3 is 15.7 Å². The molecule has 0 saturated heterocycles. The van der Waals surface area contributed by atoms with Crippen molar-refractivity contribution in [3.05, 3.63) is 52.8 Å². The number of carbonyl (C=O) groups excluding carboxylic acids is 1. The van der Waals surface area contributed by atoms with Crippen LogP contribution in [0.25, 0.3) is 0 Å². The number of nitrogens with one attached hydrogen (secondary N) is 3. The second-order valence-corrected chi connectivity index (χ2v) is 6.74. The van der Waals surface area contributed by atoms with Gasteiger partial charge in [-0.25, -0.2) is 4.79 Å². The van der Waals surface area contributed by atoms with Gasteiger partial charge in [-0.1, -0.05) is 24.3 Å². The number of fused-ring (bicyclic) bond motifs is 1. The molecule has 0 aliphatic heterocycles. The van der Waals surface area contributed by atoms with Gasteiger partial charge in [0.25, 0.3) is 0 Å². The van der Waals surface area contributed by atoms with Crippen LogP contribution in [0, 0.1) is 6.92 Å². The van der Waals surface area contributed by atoms with Crippen molar-refractivity contribution < 1.29 is 23.1 Å². The maximum Gasteiger partial charge on any atom is 0.395 e. The van der Waals surface area contributed by atoms with Gasteiger partial charge >= 0.3 is 12.2 Å². The summed E-state index contributed by atoms with van der Waals surface area (Å²) in [5.41, 5.74) is 2.16. The maximum absolute atomic E-state index is 13.3. The Hall–Kier alpha value is -2.55. The summed E-state index contributed by atoms with van der Waals surface area (Å²) in [6, 6.07) is 5.32. The molecule has 1 aliphatic rings. The van der Waals surface area contributed by atoms with Crippen LogP contribution in [-0.2, 0) is 6.42 Å². The van der Waals surface area contributed by atoms with E-state index in [0.717, 1.165) is 11.1 Å². The highest BCUT2D eigenvalue weighted by Crippen LogP contribution is 2.42. The number of aliphatic hydroxyl groups excluding tert-OH is 1. The van der Waals surface area contributed by atoms with Crippen LogP contribution in [0.1, 0.15) is 40.8 Å². The summed E-state index contributed by atoms with van der Waals surface area (Å²) in [5, 5.41) is 21.1. The highest BCUT2D eigenvalue weighted by Gasteiger charge is 2.46. The Balaban J connectivity index is 1.68. The zero-order valence-electron chi connectivity index (χ0n) is 14.7. The van der Waals surface area contributed by atoms with Crippen LogP contribution in [0.5, 0.6) is 0 Å². The van der Waals surface area contributed by atoms with Crippen molar-refractivity contribution in [1.82, 2.24) is 20.8 Å².